The van der Waals surface area contributed by atoms with Crippen LogP contribution in [-0.2, 0) is 11.3 Å². The van der Waals surface area contributed by atoms with Crippen LogP contribution in [0.25, 0.3) is 0 Å². The molecule has 9 heteroatoms. The highest BCUT2D eigenvalue weighted by Crippen LogP contribution is 2.24. The third kappa shape index (κ3) is 5.19. The summed E-state index contributed by atoms with van der Waals surface area (Å²) in [5.41, 5.74) is 0.964. The van der Waals surface area contributed by atoms with E-state index in [1.165, 1.54) is 39.6 Å². The molecular formula is C19H21N3O6. The first-order valence-electron chi connectivity index (χ1n) is 8.29. The topological polar surface area (TPSA) is 118 Å². The number of rotatable bonds is 8. The molecule has 0 fully saturated rings. The second-order valence-electron chi connectivity index (χ2n) is 5.79. The Kier molecular flexibility index (Phi) is 6.91. The molecular weight excluding hydrogens is 366 g/mol. The number of hydrogen-bond acceptors (Lipinski definition) is 6. The molecule has 0 aliphatic rings. The van der Waals surface area contributed by atoms with Gasteiger partial charge in [0.1, 0.15) is 23.7 Å². The number of benzene rings is 1. The fourth-order valence-corrected chi connectivity index (χ4v) is 2.51. The molecule has 2 N–H and O–H groups in total. The molecule has 0 saturated heterocycles. The minimum atomic E-state index is -1.15. The molecule has 28 heavy (non-hydrogen) atoms. The molecule has 0 saturated carbocycles. The number of nitrogens with one attached hydrogen (secondary N) is 1. The molecule has 0 bridgehead atoms. The van der Waals surface area contributed by atoms with Crippen LogP contribution in [0.15, 0.2) is 36.5 Å². The molecule has 2 amide bonds. The summed E-state index contributed by atoms with van der Waals surface area (Å²) in [5.74, 6) is -1.02. The quantitative estimate of drug-likeness (QED) is 0.698. The molecule has 0 aliphatic carbocycles. The summed E-state index contributed by atoms with van der Waals surface area (Å²) in [6, 6.07) is 7.89. The predicted octanol–water partition coefficient (Wildman–Crippen LogP) is 1.19. The highest BCUT2D eigenvalue weighted by Gasteiger charge is 2.20. The van der Waals surface area contributed by atoms with Crippen LogP contribution in [-0.4, -0.2) is 60.6 Å². The van der Waals surface area contributed by atoms with Crippen LogP contribution < -0.4 is 14.8 Å². The molecule has 1 aromatic carbocycles. The van der Waals surface area contributed by atoms with E-state index in [1.807, 2.05) is 0 Å². The van der Waals surface area contributed by atoms with Crippen molar-refractivity contribution in [3.63, 3.8) is 0 Å². The second kappa shape index (κ2) is 9.36. The van der Waals surface area contributed by atoms with Crippen molar-refractivity contribution in [1.82, 2.24) is 15.2 Å². The van der Waals surface area contributed by atoms with Gasteiger partial charge >= 0.3 is 5.97 Å². The summed E-state index contributed by atoms with van der Waals surface area (Å²) in [6.45, 7) is -0.481. The van der Waals surface area contributed by atoms with Gasteiger partial charge < -0.3 is 24.8 Å². The van der Waals surface area contributed by atoms with Crippen LogP contribution in [0, 0.1) is 0 Å². The van der Waals surface area contributed by atoms with Crippen molar-refractivity contribution in [2.75, 3.05) is 27.8 Å². The van der Waals surface area contributed by atoms with Crippen molar-refractivity contribution >= 4 is 17.8 Å². The summed E-state index contributed by atoms with van der Waals surface area (Å²) >= 11 is 0. The van der Waals surface area contributed by atoms with Crippen LogP contribution in [0.4, 0.5) is 0 Å². The first-order chi connectivity index (χ1) is 13.4. The average Bonchev–Trinajstić information content (AvgIpc) is 2.71. The number of methoxy groups -OCH3 is 2. The zero-order chi connectivity index (χ0) is 20.7. The van der Waals surface area contributed by atoms with Crippen molar-refractivity contribution in [3.05, 3.63) is 53.3 Å². The molecule has 0 aliphatic heterocycles. The number of nitrogens with zero attached hydrogens (tertiary/aromatic N) is 2. The molecule has 0 atom stereocenters. The van der Waals surface area contributed by atoms with Gasteiger partial charge in [-0.25, -0.2) is 0 Å². The van der Waals surface area contributed by atoms with Gasteiger partial charge in [0.05, 0.1) is 19.8 Å². The fraction of sp³-hybridized carbons (Fsp3) is 0.263. The zero-order valence-electron chi connectivity index (χ0n) is 15.8. The summed E-state index contributed by atoms with van der Waals surface area (Å²) in [6.07, 6.45) is 1.24. The van der Waals surface area contributed by atoms with E-state index in [0.29, 0.717) is 17.1 Å². The summed E-state index contributed by atoms with van der Waals surface area (Å²) in [7, 11) is 4.47. The number of carboxylic acids is 1. The first kappa shape index (κ1) is 20.7. The van der Waals surface area contributed by atoms with Crippen molar-refractivity contribution in [2.45, 2.75) is 6.54 Å². The molecule has 0 unspecified atom stereocenters. The highest BCUT2D eigenvalue weighted by molar-refractivity contribution is 5.97. The zero-order valence-corrected chi connectivity index (χ0v) is 15.8. The van der Waals surface area contributed by atoms with E-state index >= 15 is 0 Å². The molecule has 148 valence electrons. The molecule has 0 spiro atoms. The van der Waals surface area contributed by atoms with E-state index in [9.17, 15) is 19.5 Å². The molecule has 2 aromatic rings. The van der Waals surface area contributed by atoms with Crippen molar-refractivity contribution in [2.24, 2.45) is 0 Å². The minimum absolute atomic E-state index is 0.0237. The molecule has 9 nitrogen and oxygen atoms in total. The van der Waals surface area contributed by atoms with Gasteiger partial charge in [0, 0.05) is 25.9 Å². The van der Waals surface area contributed by atoms with E-state index < -0.39 is 18.4 Å². The third-order valence-corrected chi connectivity index (χ3v) is 3.87. The van der Waals surface area contributed by atoms with E-state index in [1.54, 1.807) is 18.2 Å². The summed E-state index contributed by atoms with van der Waals surface area (Å²) in [5, 5.41) is 11.6. The average molecular weight is 387 g/mol. The van der Waals surface area contributed by atoms with E-state index in [0.717, 1.165) is 4.90 Å². The Hall–Kier alpha value is -3.62. The maximum atomic E-state index is 12.8. The van der Waals surface area contributed by atoms with Crippen LogP contribution in [0.5, 0.6) is 11.5 Å². The smallest absolute Gasteiger partial charge is 0.323 e. The third-order valence-electron chi connectivity index (χ3n) is 3.87. The SMILES string of the molecule is CNC(=O)c1ccc(C(=O)N(CC(=O)O)Cc2cc(OC)cc(OC)c2)cn1. The molecule has 1 aromatic heterocycles. The van der Waals surface area contributed by atoms with Crippen molar-refractivity contribution < 1.29 is 29.0 Å². The van der Waals surface area contributed by atoms with Crippen LogP contribution in [0.2, 0.25) is 0 Å². The number of aromatic nitrogens is 1. The second-order valence-corrected chi connectivity index (χ2v) is 5.79. The lowest BCUT2D eigenvalue weighted by Gasteiger charge is -2.21. The largest absolute Gasteiger partial charge is 0.497 e. The van der Waals surface area contributed by atoms with Gasteiger partial charge in [-0.05, 0) is 29.8 Å². The summed E-state index contributed by atoms with van der Waals surface area (Å²) < 4.78 is 10.4. The van der Waals surface area contributed by atoms with Gasteiger partial charge in [-0.2, -0.15) is 0 Å². The number of hydrogen-bond donors (Lipinski definition) is 2. The number of aliphatic carboxylic acids is 1. The Labute approximate surface area is 161 Å². The Bertz CT molecular complexity index is 844. The van der Waals surface area contributed by atoms with Gasteiger partial charge in [-0.1, -0.05) is 0 Å². The predicted molar refractivity (Wildman–Crippen MR) is 99.5 cm³/mol. The Morgan fingerprint density at radius 1 is 1.11 bits per heavy atom. The monoisotopic (exact) mass is 387 g/mol. The lowest BCUT2D eigenvalue weighted by atomic mass is 10.1. The highest BCUT2D eigenvalue weighted by atomic mass is 16.5. The fourth-order valence-electron chi connectivity index (χ4n) is 2.51. The van der Waals surface area contributed by atoms with Gasteiger partial charge in [-0.3, -0.25) is 19.4 Å². The van der Waals surface area contributed by atoms with Crippen LogP contribution >= 0.6 is 0 Å². The minimum Gasteiger partial charge on any atom is -0.497 e. The number of carbonyl (C=O) groups excluding carboxylic acids is 2. The maximum absolute atomic E-state index is 12.8. The van der Waals surface area contributed by atoms with Crippen LogP contribution in [0.3, 0.4) is 0 Å². The van der Waals surface area contributed by atoms with Crippen LogP contribution in [0.1, 0.15) is 26.4 Å². The van der Waals surface area contributed by atoms with Gasteiger partial charge in [0.15, 0.2) is 0 Å². The molecule has 2 rings (SSSR count). The number of amides is 2. The maximum Gasteiger partial charge on any atom is 0.323 e. The Morgan fingerprint density at radius 3 is 2.21 bits per heavy atom. The molecule has 1 heterocycles. The first-order valence-corrected chi connectivity index (χ1v) is 8.29. The lowest BCUT2D eigenvalue weighted by molar-refractivity contribution is -0.137. The number of carbonyl (C=O) groups is 3. The number of carboxylic acid groups (broad SMARTS) is 1. The molecule has 0 radical (unpaired) electrons. The van der Waals surface area contributed by atoms with Gasteiger partial charge in [0.2, 0.25) is 0 Å². The standard InChI is InChI=1S/C19H21N3O6/c1-20-18(25)16-5-4-13(9-21-16)19(26)22(11-17(23)24)10-12-6-14(27-2)8-15(7-12)28-3/h4-9H,10-11H2,1-3H3,(H,20,25)(H,23,24). The normalized spacial score (nSPS) is 10.1. The Balaban J connectivity index is 2.29. The van der Waals surface area contributed by atoms with Gasteiger partial charge in [-0.15, -0.1) is 0 Å². The van der Waals surface area contributed by atoms with Crippen molar-refractivity contribution in [3.8, 4) is 11.5 Å². The van der Waals surface area contributed by atoms with Crippen molar-refractivity contribution in [1.29, 1.82) is 0 Å². The summed E-state index contributed by atoms with van der Waals surface area (Å²) in [4.78, 5) is 40.7. The Morgan fingerprint density at radius 2 is 1.75 bits per heavy atom. The lowest BCUT2D eigenvalue weighted by Crippen LogP contribution is -2.35. The van der Waals surface area contributed by atoms with E-state index in [4.69, 9.17) is 9.47 Å². The number of ether oxygens (including phenoxy) is 2. The van der Waals surface area contributed by atoms with Gasteiger partial charge in [0.25, 0.3) is 11.8 Å². The number of pyridine rings is 1. The van der Waals surface area contributed by atoms with E-state index in [-0.39, 0.29) is 23.7 Å². The van der Waals surface area contributed by atoms with E-state index in [2.05, 4.69) is 10.3 Å².